The molecule has 0 bridgehead atoms. The first-order valence-electron chi connectivity index (χ1n) is 12.3. The molecule has 0 fully saturated rings. The second kappa shape index (κ2) is 14.9. The second-order valence-electron chi connectivity index (χ2n) is 9.77. The summed E-state index contributed by atoms with van der Waals surface area (Å²) in [6.07, 6.45) is 1.17. The molecule has 9 heteroatoms. The Balaban J connectivity index is 3.27. The van der Waals surface area contributed by atoms with Crippen molar-refractivity contribution in [1.29, 1.82) is 0 Å². The molecule has 1 aromatic carbocycles. The Bertz CT molecular complexity index is 879. The molecule has 0 aliphatic heterocycles. The highest BCUT2D eigenvalue weighted by Crippen LogP contribution is 2.24. The monoisotopic (exact) mass is 503 g/mol. The third-order valence-corrected chi connectivity index (χ3v) is 4.91. The van der Waals surface area contributed by atoms with Crippen molar-refractivity contribution in [3.63, 3.8) is 0 Å². The number of rotatable bonds is 13. The number of benzene rings is 1. The van der Waals surface area contributed by atoms with Crippen LogP contribution in [0.2, 0.25) is 0 Å². The van der Waals surface area contributed by atoms with Crippen LogP contribution < -0.4 is 10.6 Å². The summed E-state index contributed by atoms with van der Waals surface area (Å²) in [7, 11) is 0. The summed E-state index contributed by atoms with van der Waals surface area (Å²) in [5, 5.41) is 5.42. The van der Waals surface area contributed by atoms with Crippen LogP contribution in [0.25, 0.3) is 0 Å². The zero-order valence-corrected chi connectivity index (χ0v) is 22.3. The summed E-state index contributed by atoms with van der Waals surface area (Å²) in [6, 6.07) is 6.93. The number of amides is 3. The van der Waals surface area contributed by atoms with Crippen LogP contribution in [0.3, 0.4) is 0 Å². The molecular formula is C27H41N3O6. The van der Waals surface area contributed by atoms with E-state index in [0.717, 1.165) is 0 Å². The first kappa shape index (κ1) is 30.7. The fourth-order valence-corrected chi connectivity index (χ4v) is 3.53. The molecule has 0 radical (unpaired) electrons. The summed E-state index contributed by atoms with van der Waals surface area (Å²) in [4.78, 5) is 52.8. The van der Waals surface area contributed by atoms with Crippen molar-refractivity contribution in [2.45, 2.75) is 72.1 Å². The molecule has 1 rings (SSSR count). The average molecular weight is 504 g/mol. The largest absolute Gasteiger partial charge is 0.466 e. The van der Waals surface area contributed by atoms with Crippen LogP contribution in [-0.4, -0.2) is 60.1 Å². The van der Waals surface area contributed by atoms with Gasteiger partial charge in [0.15, 0.2) is 0 Å². The third kappa shape index (κ3) is 10.9. The molecule has 2 atom stereocenters. The fourth-order valence-electron chi connectivity index (χ4n) is 3.53. The molecule has 0 saturated carbocycles. The molecule has 0 heterocycles. The molecule has 0 aliphatic carbocycles. The number of carbonyl (C=O) groups excluding carboxylic acids is 4. The number of ether oxygens (including phenoxy) is 2. The number of alkyl carbamates (subject to hydrolysis) is 1. The Hall–Kier alpha value is -3.36. The number of nitrogens with zero attached hydrogens (tertiary/aromatic N) is 1. The predicted octanol–water partition coefficient (Wildman–Crippen LogP) is 3.75. The normalized spacial score (nSPS) is 12.8. The van der Waals surface area contributed by atoms with Crippen molar-refractivity contribution in [3.05, 3.63) is 48.6 Å². The zero-order valence-electron chi connectivity index (χ0n) is 22.3. The van der Waals surface area contributed by atoms with Crippen LogP contribution in [0.4, 0.5) is 4.79 Å². The van der Waals surface area contributed by atoms with Gasteiger partial charge in [0, 0.05) is 13.1 Å². The lowest BCUT2D eigenvalue weighted by Gasteiger charge is -2.34. The minimum Gasteiger partial charge on any atom is -0.466 e. The summed E-state index contributed by atoms with van der Waals surface area (Å²) in [5.74, 6) is -1.25. The average Bonchev–Trinajstić information content (AvgIpc) is 2.77. The van der Waals surface area contributed by atoms with Crippen LogP contribution >= 0.6 is 0 Å². The molecule has 9 nitrogen and oxygen atoms in total. The highest BCUT2D eigenvalue weighted by molar-refractivity contribution is 5.92. The van der Waals surface area contributed by atoms with Gasteiger partial charge in [0.05, 0.1) is 13.0 Å². The quantitative estimate of drug-likeness (QED) is 0.313. The van der Waals surface area contributed by atoms with Crippen molar-refractivity contribution < 1.29 is 28.7 Å². The van der Waals surface area contributed by atoms with E-state index in [1.54, 1.807) is 52.0 Å². The van der Waals surface area contributed by atoms with E-state index in [1.165, 1.54) is 11.0 Å². The van der Waals surface area contributed by atoms with E-state index in [1.807, 2.05) is 19.9 Å². The fraction of sp³-hybridized carbons (Fsp3) is 0.556. The van der Waals surface area contributed by atoms with Gasteiger partial charge in [-0.1, -0.05) is 50.3 Å². The summed E-state index contributed by atoms with van der Waals surface area (Å²) in [5.41, 5.74) is -0.149. The molecule has 3 amide bonds. The first-order chi connectivity index (χ1) is 16.9. The number of nitrogens with one attached hydrogen (secondary N) is 2. The Morgan fingerprint density at radius 3 is 2.28 bits per heavy atom. The lowest BCUT2D eigenvalue weighted by atomic mass is 9.99. The predicted molar refractivity (Wildman–Crippen MR) is 138 cm³/mol. The van der Waals surface area contributed by atoms with Crippen molar-refractivity contribution in [3.8, 4) is 0 Å². The van der Waals surface area contributed by atoms with E-state index in [2.05, 4.69) is 17.2 Å². The van der Waals surface area contributed by atoms with Crippen LogP contribution in [0.5, 0.6) is 0 Å². The summed E-state index contributed by atoms with van der Waals surface area (Å²) in [6.45, 7) is 14.9. The van der Waals surface area contributed by atoms with Crippen molar-refractivity contribution in [2.24, 2.45) is 5.92 Å². The van der Waals surface area contributed by atoms with Crippen molar-refractivity contribution in [2.75, 3.05) is 19.7 Å². The van der Waals surface area contributed by atoms with E-state index >= 15 is 0 Å². The Morgan fingerprint density at radius 1 is 1.11 bits per heavy atom. The van der Waals surface area contributed by atoms with E-state index in [0.29, 0.717) is 12.0 Å². The SMILES string of the molecule is C=CCN(C(=O)C(CC(C)C)NC(=O)OC(C)(C)C)C(C(=O)NCCC(=O)OCC)c1ccccc1. The molecule has 0 aromatic heterocycles. The van der Waals surface area contributed by atoms with Crippen molar-refractivity contribution in [1.82, 2.24) is 15.5 Å². The van der Waals surface area contributed by atoms with Crippen molar-refractivity contribution >= 4 is 23.9 Å². The highest BCUT2D eigenvalue weighted by atomic mass is 16.6. The number of esters is 1. The maximum absolute atomic E-state index is 13.8. The number of carbonyl (C=O) groups is 4. The molecule has 1 aromatic rings. The van der Waals surface area contributed by atoms with Crippen LogP contribution in [0.1, 0.15) is 66.0 Å². The molecule has 0 spiro atoms. The molecule has 0 saturated heterocycles. The summed E-state index contributed by atoms with van der Waals surface area (Å²) >= 11 is 0. The van der Waals surface area contributed by atoms with Crippen LogP contribution in [0, 0.1) is 5.92 Å². The molecule has 0 aliphatic rings. The van der Waals surface area contributed by atoms with E-state index < -0.39 is 41.6 Å². The van der Waals surface area contributed by atoms with Crippen LogP contribution in [-0.2, 0) is 23.9 Å². The lowest BCUT2D eigenvalue weighted by Crippen LogP contribution is -2.53. The molecule has 2 unspecified atom stereocenters. The van der Waals surface area contributed by atoms with Gasteiger partial charge in [-0.15, -0.1) is 6.58 Å². The Kier molecular flexibility index (Phi) is 12.7. The van der Waals surface area contributed by atoms with E-state index in [4.69, 9.17) is 9.47 Å². The topological polar surface area (TPSA) is 114 Å². The van der Waals surface area contributed by atoms with Gasteiger partial charge in [-0.2, -0.15) is 0 Å². The number of hydrogen-bond donors (Lipinski definition) is 2. The van der Waals surface area contributed by atoms with Gasteiger partial charge in [0.1, 0.15) is 17.7 Å². The molecule has 200 valence electrons. The third-order valence-electron chi connectivity index (χ3n) is 4.91. The van der Waals surface area contributed by atoms with Gasteiger partial charge < -0.3 is 25.0 Å². The number of hydrogen-bond acceptors (Lipinski definition) is 6. The maximum atomic E-state index is 13.8. The Labute approximate surface area is 214 Å². The molecular weight excluding hydrogens is 462 g/mol. The van der Waals surface area contributed by atoms with Gasteiger partial charge in [-0.25, -0.2) is 4.79 Å². The zero-order chi connectivity index (χ0) is 27.3. The van der Waals surface area contributed by atoms with Gasteiger partial charge in [0.2, 0.25) is 11.8 Å². The lowest BCUT2D eigenvalue weighted by molar-refractivity contribution is -0.144. The second-order valence-corrected chi connectivity index (χ2v) is 9.77. The van der Waals surface area contributed by atoms with Gasteiger partial charge >= 0.3 is 12.1 Å². The van der Waals surface area contributed by atoms with E-state index in [-0.39, 0.29) is 32.0 Å². The Morgan fingerprint density at radius 2 is 1.75 bits per heavy atom. The van der Waals surface area contributed by atoms with Gasteiger partial charge in [0.25, 0.3) is 0 Å². The first-order valence-corrected chi connectivity index (χ1v) is 12.3. The smallest absolute Gasteiger partial charge is 0.408 e. The van der Waals surface area contributed by atoms with Gasteiger partial charge in [-0.3, -0.25) is 14.4 Å². The highest BCUT2D eigenvalue weighted by Gasteiger charge is 2.36. The standard InChI is InChI=1S/C27H41N3O6/c1-8-17-30(25(33)21(18-19(3)4)29-26(34)36-27(5,6)7)23(20-13-11-10-12-14-20)24(32)28-16-15-22(31)35-9-2/h8,10-14,19,21,23H,1,9,15-18H2,2-7H3,(H,28,32)(H,29,34). The summed E-state index contributed by atoms with van der Waals surface area (Å²) < 4.78 is 10.3. The maximum Gasteiger partial charge on any atom is 0.408 e. The molecule has 2 N–H and O–H groups in total. The minimum absolute atomic E-state index is 0.00662. The molecule has 36 heavy (non-hydrogen) atoms. The van der Waals surface area contributed by atoms with E-state index in [9.17, 15) is 19.2 Å². The van der Waals surface area contributed by atoms with Gasteiger partial charge in [-0.05, 0) is 45.6 Å². The van der Waals surface area contributed by atoms with Crippen LogP contribution in [0.15, 0.2) is 43.0 Å². The minimum atomic E-state index is -1.01.